The van der Waals surface area contributed by atoms with Crippen LogP contribution in [0.1, 0.15) is 5.56 Å². The van der Waals surface area contributed by atoms with Gasteiger partial charge in [-0.2, -0.15) is 0 Å². The van der Waals surface area contributed by atoms with Crippen LogP contribution in [-0.4, -0.2) is 189 Å². The summed E-state index contributed by atoms with van der Waals surface area (Å²) in [6, 6.07) is 10.5. The van der Waals surface area contributed by atoms with Gasteiger partial charge in [-0.05, 0) is 48.0 Å². The molecule has 0 aliphatic carbocycles. The average molecular weight is 935 g/mol. The maximum Gasteiger partial charge on any atom is 0.331 e. The molecule has 66 heavy (non-hydrogen) atoms. The van der Waals surface area contributed by atoms with Crippen molar-refractivity contribution in [2.75, 3.05) is 19.8 Å². The summed E-state index contributed by atoms with van der Waals surface area (Å²) < 4.78 is 45.9. The second kappa shape index (κ2) is 20.0. The summed E-state index contributed by atoms with van der Waals surface area (Å²) in [5, 5.41) is 145. The van der Waals surface area contributed by atoms with Crippen molar-refractivity contribution in [2.45, 2.75) is 92.1 Å². The fourth-order valence-electron chi connectivity index (χ4n) is 7.37. The van der Waals surface area contributed by atoms with Crippen LogP contribution in [0.2, 0.25) is 0 Å². The molecular weight excluding hydrogens is 888 g/mol. The van der Waals surface area contributed by atoms with E-state index in [2.05, 4.69) is 0 Å². The number of ether oxygens (including phenoxy) is 7. The van der Waals surface area contributed by atoms with E-state index >= 15 is 0 Å². The van der Waals surface area contributed by atoms with Gasteiger partial charge in [-0.1, -0.05) is 6.07 Å². The predicted octanol–water partition coefficient (Wildman–Crippen LogP) is -3.27. The number of phenols is 4. The molecule has 7 rings (SSSR count). The Labute approximate surface area is 370 Å². The molecule has 1 aromatic heterocycles. The van der Waals surface area contributed by atoms with Gasteiger partial charge in [0.05, 0.1) is 19.8 Å². The van der Waals surface area contributed by atoms with Crippen molar-refractivity contribution in [3.05, 3.63) is 76.5 Å². The molecule has 0 amide bonds. The Bertz CT molecular complexity index is 2420. The zero-order valence-corrected chi connectivity index (χ0v) is 34.0. The second-order valence-electron chi connectivity index (χ2n) is 15.4. The first-order chi connectivity index (χ1) is 31.4. The number of rotatable bonds is 13. The molecule has 24 nitrogen and oxygen atoms in total. The molecule has 358 valence electrons. The molecule has 0 bridgehead atoms. The summed E-state index contributed by atoms with van der Waals surface area (Å²) in [6.45, 7) is -2.67. The van der Waals surface area contributed by atoms with Crippen LogP contribution < -0.4 is 14.9 Å². The molecule has 3 aliphatic rings. The highest BCUT2D eigenvalue weighted by atomic mass is 16.8. The third kappa shape index (κ3) is 9.73. The molecule has 24 heteroatoms. The Morgan fingerprint density at radius 3 is 1.82 bits per heavy atom. The molecule has 4 heterocycles. The van der Waals surface area contributed by atoms with Crippen LogP contribution in [0.4, 0.5) is 0 Å². The lowest BCUT2D eigenvalue weighted by atomic mass is 9.97. The lowest BCUT2D eigenvalue weighted by Gasteiger charge is -2.46. The predicted molar refractivity (Wildman–Crippen MR) is 215 cm³/mol. The van der Waals surface area contributed by atoms with Gasteiger partial charge in [0.15, 0.2) is 35.8 Å². The van der Waals surface area contributed by atoms with Crippen LogP contribution in [0.3, 0.4) is 0 Å². The minimum Gasteiger partial charge on any atom is -0.508 e. The van der Waals surface area contributed by atoms with Gasteiger partial charge in [-0.25, -0.2) is 4.79 Å². The van der Waals surface area contributed by atoms with Crippen LogP contribution in [0.15, 0.2) is 69.9 Å². The van der Waals surface area contributed by atoms with Crippen LogP contribution >= 0.6 is 0 Å². The van der Waals surface area contributed by atoms with Gasteiger partial charge in [0, 0.05) is 23.8 Å². The van der Waals surface area contributed by atoms with Crippen molar-refractivity contribution in [1.82, 2.24) is 0 Å². The first-order valence-corrected chi connectivity index (χ1v) is 20.0. The maximum absolute atomic E-state index is 14.5. The topological polar surface area (TPSA) is 395 Å². The summed E-state index contributed by atoms with van der Waals surface area (Å²) in [5.74, 6) is -4.76. The number of hydrogen-bond donors (Lipinski definition) is 14. The second-order valence-corrected chi connectivity index (χ2v) is 15.4. The van der Waals surface area contributed by atoms with E-state index in [1.165, 1.54) is 30.3 Å². The van der Waals surface area contributed by atoms with E-state index in [1.807, 2.05) is 0 Å². The van der Waals surface area contributed by atoms with E-state index in [9.17, 15) is 81.1 Å². The monoisotopic (exact) mass is 934 g/mol. The van der Waals surface area contributed by atoms with E-state index in [-0.39, 0.29) is 22.6 Å². The lowest BCUT2D eigenvalue weighted by Crippen LogP contribution is -2.65. The highest BCUT2D eigenvalue weighted by Crippen LogP contribution is 2.40. The van der Waals surface area contributed by atoms with Crippen molar-refractivity contribution < 1.29 is 114 Å². The third-order valence-corrected chi connectivity index (χ3v) is 11.0. The fourth-order valence-corrected chi connectivity index (χ4v) is 7.37. The number of carbonyl (C=O) groups is 1. The van der Waals surface area contributed by atoms with Crippen LogP contribution in [0, 0.1) is 0 Å². The molecule has 3 aromatic carbocycles. The Morgan fingerprint density at radius 2 is 1.20 bits per heavy atom. The number of hydrogen-bond acceptors (Lipinski definition) is 24. The highest BCUT2D eigenvalue weighted by Gasteiger charge is 2.53. The number of phenolic OH excluding ortho intramolecular Hbond substituents is 4. The SMILES string of the molecule is O=C(/C=C/c1ccc(O)c(O)c1)O[C@H]1[C@H](O[C@H]2[C@H](Oc3c(-c4ccc(O)cc4)oc4cc(O[C@@H]5O[C@H](CO)[C@@H](O)[C@H](O)[C@H]5O)cc(O)c4c3=O)O[C@H](CO)[C@@H](O)[C@@H]2O)O[C@H](CO)[C@@H](O)[C@@H]1O. The molecule has 14 N–H and O–H groups in total. The first kappa shape index (κ1) is 48.3. The molecule has 0 radical (unpaired) electrons. The number of esters is 1. The quantitative estimate of drug-likeness (QED) is 0.0355. The molecule has 3 fully saturated rings. The Hall–Kier alpha value is -5.68. The largest absolute Gasteiger partial charge is 0.508 e. The third-order valence-electron chi connectivity index (χ3n) is 11.0. The van der Waals surface area contributed by atoms with E-state index in [1.54, 1.807) is 0 Å². The van der Waals surface area contributed by atoms with E-state index < -0.39 is 163 Å². The van der Waals surface area contributed by atoms with E-state index in [4.69, 9.17) is 37.6 Å². The van der Waals surface area contributed by atoms with Gasteiger partial charge < -0.3 is 109 Å². The maximum atomic E-state index is 14.5. The van der Waals surface area contributed by atoms with Gasteiger partial charge in [-0.15, -0.1) is 0 Å². The molecule has 3 aliphatic heterocycles. The van der Waals surface area contributed by atoms with E-state index in [0.717, 1.165) is 36.4 Å². The molecule has 4 aromatic rings. The van der Waals surface area contributed by atoms with Crippen molar-refractivity contribution in [2.24, 2.45) is 0 Å². The average Bonchev–Trinajstić information content (AvgIpc) is 3.29. The van der Waals surface area contributed by atoms with Crippen molar-refractivity contribution in [3.63, 3.8) is 0 Å². The molecule has 0 spiro atoms. The van der Waals surface area contributed by atoms with Crippen LogP contribution in [0.25, 0.3) is 28.4 Å². The molecule has 15 atom stereocenters. The van der Waals surface area contributed by atoms with Crippen molar-refractivity contribution >= 4 is 23.0 Å². The standard InChI is InChI=1S/C42H46O24/c43-12-23-28(51)32(55)35(58)40(61-23)59-18-10-21(49)27-22(11-18)60-36(16-3-5-17(46)6-4-16)37(31(27)54)65-42-39(34(57)30(53)25(14-45)63-42)66-41-38(33(56)29(52)24(13-44)62-41)64-26(50)8-2-15-1-7-19(47)20(48)9-15/h1-11,23-25,28-30,32-35,38-49,51-53,55-58H,12-14H2/b8-2+/t23-,24-,25-,28-,29-,30-,32+,33+,34+,35-,38-,39-,40-,41+,42+/m1/s1. The van der Waals surface area contributed by atoms with Crippen molar-refractivity contribution in [3.8, 4) is 45.8 Å². The van der Waals surface area contributed by atoms with Crippen molar-refractivity contribution in [1.29, 1.82) is 0 Å². The molecule has 0 saturated carbocycles. The van der Waals surface area contributed by atoms with Gasteiger partial charge in [-0.3, -0.25) is 4.79 Å². The minimum atomic E-state index is -2.13. The number of aliphatic hydroxyl groups excluding tert-OH is 10. The van der Waals surface area contributed by atoms with Gasteiger partial charge in [0.25, 0.3) is 0 Å². The number of carbonyl (C=O) groups excluding carboxylic acids is 1. The number of fused-ring (bicyclic) bond motifs is 1. The Kier molecular flexibility index (Phi) is 14.7. The van der Waals surface area contributed by atoms with Crippen LogP contribution in [-0.2, 0) is 28.5 Å². The fraction of sp³-hybridized carbons (Fsp3) is 0.429. The summed E-state index contributed by atoms with van der Waals surface area (Å²) in [6.07, 6.45) is -26.0. The summed E-state index contributed by atoms with van der Waals surface area (Å²) >= 11 is 0. The van der Waals surface area contributed by atoms with E-state index in [0.29, 0.717) is 0 Å². The first-order valence-electron chi connectivity index (χ1n) is 20.0. The van der Waals surface area contributed by atoms with Gasteiger partial charge in [0.1, 0.15) is 89.3 Å². The Balaban J connectivity index is 1.25. The molecular formula is C42H46O24. The summed E-state index contributed by atoms with van der Waals surface area (Å²) in [4.78, 5) is 27.5. The number of aromatic hydroxyl groups is 4. The van der Waals surface area contributed by atoms with Crippen LogP contribution in [0.5, 0.6) is 34.5 Å². The highest BCUT2D eigenvalue weighted by molar-refractivity contribution is 5.89. The summed E-state index contributed by atoms with van der Waals surface area (Å²) in [5.41, 5.74) is -1.32. The van der Waals surface area contributed by atoms with Gasteiger partial charge in [0.2, 0.25) is 23.8 Å². The Morgan fingerprint density at radius 1 is 0.606 bits per heavy atom. The zero-order chi connectivity index (χ0) is 47.7. The number of aliphatic hydroxyl groups is 10. The van der Waals surface area contributed by atoms with Gasteiger partial charge >= 0.3 is 5.97 Å². The normalized spacial score (nSPS) is 32.6. The smallest absolute Gasteiger partial charge is 0.331 e. The molecule has 0 unspecified atom stereocenters. The summed E-state index contributed by atoms with van der Waals surface area (Å²) in [7, 11) is 0. The molecule has 3 saturated heterocycles. The zero-order valence-electron chi connectivity index (χ0n) is 34.0. The number of benzene rings is 3. The minimum absolute atomic E-state index is 0.0233. The lowest BCUT2D eigenvalue weighted by molar-refractivity contribution is -0.358.